The van der Waals surface area contributed by atoms with Gasteiger partial charge in [-0.3, -0.25) is 9.80 Å². The molecule has 0 amide bonds. The first kappa shape index (κ1) is 14.8. The van der Waals surface area contributed by atoms with E-state index in [1.54, 1.807) is 0 Å². The highest BCUT2D eigenvalue weighted by molar-refractivity contribution is 5.26. The minimum atomic E-state index is 0.277. The second-order valence-corrected chi connectivity index (χ2v) is 6.53. The van der Waals surface area contributed by atoms with Crippen LogP contribution in [0.3, 0.4) is 0 Å². The highest BCUT2D eigenvalue weighted by Gasteiger charge is 2.41. The number of likely N-dealkylation sites (tertiary alicyclic amines) is 2. The summed E-state index contributed by atoms with van der Waals surface area (Å²) >= 11 is 0. The van der Waals surface area contributed by atoms with Gasteiger partial charge in [-0.2, -0.15) is 0 Å². The van der Waals surface area contributed by atoms with Gasteiger partial charge in [0.25, 0.3) is 0 Å². The van der Waals surface area contributed by atoms with Crippen molar-refractivity contribution in [3.63, 3.8) is 0 Å². The molecule has 3 rings (SSSR count). The van der Waals surface area contributed by atoms with Crippen LogP contribution in [0.4, 0.5) is 0 Å². The predicted molar refractivity (Wildman–Crippen MR) is 89.4 cm³/mol. The van der Waals surface area contributed by atoms with Crippen LogP contribution in [0.5, 0.6) is 0 Å². The third-order valence-corrected chi connectivity index (χ3v) is 5.34. The molecular weight excluding hydrogens is 256 g/mol. The molecule has 0 unspecified atom stereocenters. The molecule has 2 saturated heterocycles. The van der Waals surface area contributed by atoms with Gasteiger partial charge in [-0.15, -0.1) is 6.58 Å². The van der Waals surface area contributed by atoms with E-state index in [1.807, 2.05) is 6.08 Å². The fraction of sp³-hybridized carbons (Fsp3) is 0.579. The molecule has 2 heteroatoms. The van der Waals surface area contributed by atoms with E-state index in [0.717, 1.165) is 6.54 Å². The van der Waals surface area contributed by atoms with E-state index in [9.17, 15) is 0 Å². The van der Waals surface area contributed by atoms with Gasteiger partial charge in [0.2, 0.25) is 0 Å². The molecule has 0 N–H and O–H groups in total. The van der Waals surface area contributed by atoms with E-state index >= 15 is 0 Å². The van der Waals surface area contributed by atoms with Crippen molar-refractivity contribution in [2.45, 2.75) is 37.6 Å². The molecule has 0 aliphatic carbocycles. The van der Waals surface area contributed by atoms with Gasteiger partial charge in [0, 0.05) is 25.2 Å². The van der Waals surface area contributed by atoms with E-state index < -0.39 is 0 Å². The fourth-order valence-electron chi connectivity index (χ4n) is 4.15. The van der Waals surface area contributed by atoms with Crippen molar-refractivity contribution in [3.8, 4) is 0 Å². The number of piperidine rings is 2. The SMILES string of the molecule is C=CCN1CCC(c2ccccc2)(N2CCCCC2)CC1. The Kier molecular flexibility index (Phi) is 4.77. The van der Waals surface area contributed by atoms with Crippen LogP contribution in [0.2, 0.25) is 0 Å². The molecule has 2 aliphatic rings. The maximum absolute atomic E-state index is 3.89. The Bertz CT molecular complexity index is 440. The van der Waals surface area contributed by atoms with Gasteiger partial charge >= 0.3 is 0 Å². The number of hydrogen-bond donors (Lipinski definition) is 0. The van der Waals surface area contributed by atoms with E-state index in [2.05, 4.69) is 46.7 Å². The van der Waals surface area contributed by atoms with Gasteiger partial charge in [-0.05, 0) is 44.3 Å². The summed E-state index contributed by atoms with van der Waals surface area (Å²) in [7, 11) is 0. The van der Waals surface area contributed by atoms with Crippen LogP contribution in [0.1, 0.15) is 37.7 Å². The molecule has 0 saturated carbocycles. The van der Waals surface area contributed by atoms with Crippen molar-refractivity contribution in [2.24, 2.45) is 0 Å². The highest BCUT2D eigenvalue weighted by Crippen LogP contribution is 2.40. The van der Waals surface area contributed by atoms with Crippen LogP contribution in [0.15, 0.2) is 43.0 Å². The first-order valence-electron chi connectivity index (χ1n) is 8.49. The molecule has 0 bridgehead atoms. The summed E-state index contributed by atoms with van der Waals surface area (Å²) in [5, 5.41) is 0. The van der Waals surface area contributed by atoms with Crippen molar-refractivity contribution in [1.29, 1.82) is 0 Å². The van der Waals surface area contributed by atoms with E-state index in [4.69, 9.17) is 0 Å². The Labute approximate surface area is 129 Å². The van der Waals surface area contributed by atoms with Crippen molar-refractivity contribution in [2.75, 3.05) is 32.7 Å². The van der Waals surface area contributed by atoms with Crippen LogP contribution in [-0.2, 0) is 5.54 Å². The van der Waals surface area contributed by atoms with Gasteiger partial charge in [-0.25, -0.2) is 0 Å². The van der Waals surface area contributed by atoms with E-state index in [-0.39, 0.29) is 5.54 Å². The third-order valence-electron chi connectivity index (χ3n) is 5.34. The minimum absolute atomic E-state index is 0.277. The van der Waals surface area contributed by atoms with Crippen molar-refractivity contribution in [1.82, 2.24) is 9.80 Å². The average Bonchev–Trinajstić information content (AvgIpc) is 2.58. The lowest BCUT2D eigenvalue weighted by molar-refractivity contribution is 0.00736. The average molecular weight is 284 g/mol. The first-order chi connectivity index (χ1) is 10.3. The molecule has 2 fully saturated rings. The lowest BCUT2D eigenvalue weighted by atomic mass is 9.78. The summed E-state index contributed by atoms with van der Waals surface area (Å²) in [5.41, 5.74) is 1.81. The molecule has 2 heterocycles. The van der Waals surface area contributed by atoms with Crippen LogP contribution in [0.25, 0.3) is 0 Å². The Morgan fingerprint density at radius 2 is 1.62 bits per heavy atom. The smallest absolute Gasteiger partial charge is 0.0484 e. The lowest BCUT2D eigenvalue weighted by Gasteiger charge is -2.50. The molecule has 0 atom stereocenters. The summed E-state index contributed by atoms with van der Waals surface area (Å²) in [5.74, 6) is 0. The second-order valence-electron chi connectivity index (χ2n) is 6.53. The Morgan fingerprint density at radius 3 is 2.24 bits per heavy atom. The Balaban J connectivity index is 1.84. The largest absolute Gasteiger partial charge is 0.300 e. The fourth-order valence-corrected chi connectivity index (χ4v) is 4.15. The Morgan fingerprint density at radius 1 is 0.952 bits per heavy atom. The molecule has 114 valence electrons. The van der Waals surface area contributed by atoms with Crippen LogP contribution < -0.4 is 0 Å². The van der Waals surface area contributed by atoms with Crippen molar-refractivity contribution < 1.29 is 0 Å². The van der Waals surface area contributed by atoms with Gasteiger partial charge in [0.15, 0.2) is 0 Å². The molecule has 21 heavy (non-hydrogen) atoms. The molecular formula is C19H28N2. The normalized spacial score (nSPS) is 23.8. The summed E-state index contributed by atoms with van der Waals surface area (Å²) in [6.45, 7) is 9.85. The predicted octanol–water partition coefficient (Wildman–Crippen LogP) is 3.65. The molecule has 0 aromatic heterocycles. The standard InChI is InChI=1S/C19H28N2/c1-2-13-20-16-11-19(12-17-20,18-9-5-3-6-10-18)21-14-7-4-8-15-21/h2-3,5-6,9-10H,1,4,7-8,11-17H2. The first-order valence-corrected chi connectivity index (χ1v) is 8.49. The zero-order valence-corrected chi connectivity index (χ0v) is 13.1. The third kappa shape index (κ3) is 3.07. The summed E-state index contributed by atoms with van der Waals surface area (Å²) < 4.78 is 0. The molecule has 1 aromatic carbocycles. The zero-order chi connectivity index (χ0) is 14.5. The minimum Gasteiger partial charge on any atom is -0.300 e. The molecule has 0 radical (unpaired) electrons. The monoisotopic (exact) mass is 284 g/mol. The van der Waals surface area contributed by atoms with Crippen LogP contribution >= 0.6 is 0 Å². The van der Waals surface area contributed by atoms with Crippen LogP contribution in [-0.4, -0.2) is 42.5 Å². The number of rotatable bonds is 4. The zero-order valence-electron chi connectivity index (χ0n) is 13.1. The van der Waals surface area contributed by atoms with E-state index in [0.29, 0.717) is 0 Å². The summed E-state index contributed by atoms with van der Waals surface area (Å²) in [4.78, 5) is 5.33. The number of hydrogen-bond acceptors (Lipinski definition) is 2. The topological polar surface area (TPSA) is 6.48 Å². The van der Waals surface area contributed by atoms with Gasteiger partial charge in [-0.1, -0.05) is 42.8 Å². The molecule has 1 aromatic rings. The molecule has 0 spiro atoms. The highest BCUT2D eigenvalue weighted by atomic mass is 15.2. The van der Waals surface area contributed by atoms with Crippen molar-refractivity contribution in [3.05, 3.63) is 48.6 Å². The summed E-state index contributed by atoms with van der Waals surface area (Å²) in [6, 6.07) is 11.2. The quantitative estimate of drug-likeness (QED) is 0.779. The summed E-state index contributed by atoms with van der Waals surface area (Å²) in [6.07, 6.45) is 8.69. The van der Waals surface area contributed by atoms with Gasteiger partial charge in [0.05, 0.1) is 0 Å². The van der Waals surface area contributed by atoms with E-state index in [1.165, 1.54) is 63.8 Å². The number of nitrogens with zero attached hydrogens (tertiary/aromatic N) is 2. The number of benzene rings is 1. The van der Waals surface area contributed by atoms with Crippen LogP contribution in [0, 0.1) is 0 Å². The maximum Gasteiger partial charge on any atom is 0.0484 e. The molecule has 2 nitrogen and oxygen atoms in total. The maximum atomic E-state index is 3.89. The van der Waals surface area contributed by atoms with Gasteiger partial charge in [0.1, 0.15) is 0 Å². The Hall–Kier alpha value is -1.12. The van der Waals surface area contributed by atoms with Gasteiger partial charge < -0.3 is 0 Å². The molecule has 2 aliphatic heterocycles. The second kappa shape index (κ2) is 6.76. The lowest BCUT2D eigenvalue weighted by Crippen LogP contribution is -2.54. The van der Waals surface area contributed by atoms with Crippen molar-refractivity contribution >= 4 is 0 Å².